The summed E-state index contributed by atoms with van der Waals surface area (Å²) in [6.45, 7) is 0. The minimum absolute atomic E-state index is 0.399. The number of benzene rings is 1. The lowest BCUT2D eigenvalue weighted by molar-refractivity contribution is 0.405. The molecule has 5 nitrogen and oxygen atoms in total. The van der Waals surface area contributed by atoms with Gasteiger partial charge in [-0.1, -0.05) is 12.1 Å². The van der Waals surface area contributed by atoms with Crippen LogP contribution in [0.2, 0.25) is 0 Å². The Hall–Kier alpha value is -2.39. The van der Waals surface area contributed by atoms with Gasteiger partial charge in [-0.3, -0.25) is 0 Å². The summed E-state index contributed by atoms with van der Waals surface area (Å²) in [6, 6.07) is 7.84. The molecule has 3 N–H and O–H groups in total. The minimum atomic E-state index is 0.399. The van der Waals surface area contributed by atoms with Gasteiger partial charge in [0.15, 0.2) is 0 Å². The zero-order valence-electron chi connectivity index (χ0n) is 10.1. The van der Waals surface area contributed by atoms with E-state index in [0.717, 1.165) is 21.8 Å². The Bertz CT molecular complexity index is 709. The van der Waals surface area contributed by atoms with Crippen molar-refractivity contribution in [2.24, 2.45) is 0 Å². The van der Waals surface area contributed by atoms with Crippen LogP contribution < -0.4 is 15.2 Å². The second kappa shape index (κ2) is 4.37. The van der Waals surface area contributed by atoms with Crippen LogP contribution in [0.1, 0.15) is 5.56 Å². The number of nitrogen functional groups attached to an aromatic ring is 1. The van der Waals surface area contributed by atoms with Crippen LogP contribution in [0.4, 0.5) is 11.5 Å². The van der Waals surface area contributed by atoms with Crippen molar-refractivity contribution in [1.29, 1.82) is 5.26 Å². The van der Waals surface area contributed by atoms with Crippen molar-refractivity contribution in [3.8, 4) is 22.9 Å². The second-order valence-electron chi connectivity index (χ2n) is 3.96. The molecule has 0 atom stereocenters. The van der Waals surface area contributed by atoms with E-state index in [0.29, 0.717) is 17.1 Å². The highest BCUT2D eigenvalue weighted by molar-refractivity contribution is 8.01. The van der Waals surface area contributed by atoms with E-state index < -0.39 is 0 Å². The quantitative estimate of drug-likeness (QED) is 0.775. The summed E-state index contributed by atoms with van der Waals surface area (Å²) < 4.78 is 8.49. The molecule has 3 rings (SSSR count). The predicted molar refractivity (Wildman–Crippen MR) is 74.8 cm³/mol. The third-order valence-corrected chi connectivity index (χ3v) is 3.88. The third kappa shape index (κ3) is 1.67. The molecule has 0 amide bonds. The molecule has 0 unspecified atom stereocenters. The highest BCUT2D eigenvalue weighted by Crippen LogP contribution is 2.48. The first-order valence-corrected chi connectivity index (χ1v) is 6.36. The number of rotatable bonds is 1. The number of aromatic nitrogens is 1. The van der Waals surface area contributed by atoms with E-state index in [9.17, 15) is 0 Å². The van der Waals surface area contributed by atoms with Crippen molar-refractivity contribution < 1.29 is 4.74 Å². The maximum Gasteiger partial charge on any atom is 0.134 e. The number of nitrogens with two attached hydrogens (primary N) is 1. The molecule has 2 aromatic rings. The van der Waals surface area contributed by atoms with Crippen molar-refractivity contribution in [2.45, 2.75) is 4.90 Å². The Morgan fingerprint density at radius 3 is 3.05 bits per heavy atom. The zero-order valence-corrected chi connectivity index (χ0v) is 10.9. The number of nitrogens with zero attached hydrogens (tertiary/aromatic N) is 2. The van der Waals surface area contributed by atoms with Gasteiger partial charge in [-0.2, -0.15) is 5.26 Å². The first-order valence-electron chi connectivity index (χ1n) is 5.55. The number of nitriles is 1. The minimum Gasteiger partial charge on any atom is -0.495 e. The number of methoxy groups -OCH3 is 1. The summed E-state index contributed by atoms with van der Waals surface area (Å²) >= 11 is 1.41. The van der Waals surface area contributed by atoms with Crippen molar-refractivity contribution in [3.05, 3.63) is 30.0 Å². The Morgan fingerprint density at radius 1 is 1.47 bits per heavy atom. The Labute approximate surface area is 114 Å². The highest BCUT2D eigenvalue weighted by atomic mass is 32.2. The van der Waals surface area contributed by atoms with E-state index in [4.69, 9.17) is 15.7 Å². The average molecular weight is 270 g/mol. The molecule has 0 spiro atoms. The van der Waals surface area contributed by atoms with Gasteiger partial charge in [-0.25, -0.2) is 4.98 Å². The average Bonchev–Trinajstić information content (AvgIpc) is 2.46. The molecule has 1 aromatic carbocycles. The Kier molecular flexibility index (Phi) is 2.69. The van der Waals surface area contributed by atoms with Gasteiger partial charge in [0.25, 0.3) is 0 Å². The van der Waals surface area contributed by atoms with Gasteiger partial charge in [0.1, 0.15) is 17.6 Å². The summed E-state index contributed by atoms with van der Waals surface area (Å²) in [5.41, 5.74) is 8.83. The fourth-order valence-corrected chi connectivity index (χ4v) is 3.02. The molecule has 0 radical (unpaired) electrons. The van der Waals surface area contributed by atoms with Crippen LogP contribution in [0.25, 0.3) is 11.1 Å². The van der Waals surface area contributed by atoms with E-state index in [-0.39, 0.29) is 0 Å². The number of hydrogen-bond donors (Lipinski definition) is 2. The van der Waals surface area contributed by atoms with Crippen molar-refractivity contribution in [1.82, 2.24) is 4.98 Å². The molecular formula is C13H10N4OS. The first kappa shape index (κ1) is 11.7. The van der Waals surface area contributed by atoms with E-state index >= 15 is 0 Å². The van der Waals surface area contributed by atoms with Crippen LogP contribution in [0, 0.1) is 11.3 Å². The van der Waals surface area contributed by atoms with Gasteiger partial charge in [-0.15, -0.1) is 0 Å². The van der Waals surface area contributed by atoms with Crippen molar-refractivity contribution in [2.75, 3.05) is 17.6 Å². The molecule has 94 valence electrons. The topological polar surface area (TPSA) is 84.0 Å². The Balaban J connectivity index is 2.34. The number of hydrogen-bond acceptors (Lipinski definition) is 6. The molecule has 1 aromatic heterocycles. The van der Waals surface area contributed by atoms with Gasteiger partial charge in [0, 0.05) is 11.8 Å². The maximum atomic E-state index is 9.13. The van der Waals surface area contributed by atoms with E-state index in [2.05, 4.69) is 15.8 Å². The normalized spacial score (nSPS) is 11.8. The van der Waals surface area contributed by atoms with Crippen molar-refractivity contribution >= 4 is 23.5 Å². The fraction of sp³-hybridized carbons (Fsp3) is 0.0769. The molecule has 6 heteroatoms. The smallest absolute Gasteiger partial charge is 0.134 e. The Morgan fingerprint density at radius 2 is 2.32 bits per heavy atom. The number of nitrogens with one attached hydrogen (secondary N) is 1. The lowest BCUT2D eigenvalue weighted by Gasteiger charge is -2.23. The highest BCUT2D eigenvalue weighted by Gasteiger charge is 2.24. The van der Waals surface area contributed by atoms with Crippen molar-refractivity contribution in [3.63, 3.8) is 0 Å². The molecule has 1 aliphatic rings. The first-order chi connectivity index (χ1) is 9.26. The molecule has 1 aliphatic heterocycles. The lowest BCUT2D eigenvalue weighted by Crippen LogP contribution is -2.07. The predicted octanol–water partition coefficient (Wildman–Crippen LogP) is 2.64. The summed E-state index contributed by atoms with van der Waals surface area (Å²) in [5, 5.41) is 9.13. The molecule has 0 fully saturated rings. The SMILES string of the molecule is COc1cccc2c1SNc1c(C#N)cnc(N)c1-2. The van der Waals surface area contributed by atoms with Crippen LogP contribution in [-0.2, 0) is 0 Å². The molecule has 2 heterocycles. The van der Waals surface area contributed by atoms with E-state index in [1.54, 1.807) is 7.11 Å². The number of anilines is 2. The molecule has 0 saturated carbocycles. The van der Waals surface area contributed by atoms with Gasteiger partial charge in [0.2, 0.25) is 0 Å². The summed E-state index contributed by atoms with van der Waals surface area (Å²) in [6.07, 6.45) is 1.48. The fourth-order valence-electron chi connectivity index (χ4n) is 2.07. The van der Waals surface area contributed by atoms with Gasteiger partial charge in [-0.05, 0) is 18.0 Å². The number of ether oxygens (including phenoxy) is 1. The third-order valence-electron chi connectivity index (χ3n) is 2.95. The van der Waals surface area contributed by atoms with Crippen LogP contribution >= 0.6 is 11.9 Å². The van der Waals surface area contributed by atoms with Gasteiger partial charge < -0.3 is 15.2 Å². The number of pyridine rings is 1. The molecule has 19 heavy (non-hydrogen) atoms. The van der Waals surface area contributed by atoms with Gasteiger partial charge in [0.05, 0.1) is 28.8 Å². The molecular weight excluding hydrogens is 260 g/mol. The van der Waals surface area contributed by atoms with Gasteiger partial charge >= 0.3 is 0 Å². The number of fused-ring (bicyclic) bond motifs is 3. The zero-order chi connectivity index (χ0) is 13.4. The monoisotopic (exact) mass is 270 g/mol. The molecule has 0 bridgehead atoms. The van der Waals surface area contributed by atoms with Crippen LogP contribution in [0.15, 0.2) is 29.3 Å². The standard InChI is InChI=1S/C13H10N4OS/c1-18-9-4-2-3-8-10-11(17-19-12(8)9)7(5-14)6-16-13(10)15/h2-4,6,17H,1H3,(H2,15,16). The van der Waals surface area contributed by atoms with Crippen LogP contribution in [0.5, 0.6) is 5.75 Å². The molecule has 0 saturated heterocycles. The molecule has 0 aliphatic carbocycles. The van der Waals surface area contributed by atoms with E-state index in [1.807, 2.05) is 18.2 Å². The summed E-state index contributed by atoms with van der Waals surface area (Å²) in [7, 11) is 1.62. The largest absolute Gasteiger partial charge is 0.495 e. The maximum absolute atomic E-state index is 9.13. The summed E-state index contributed by atoms with van der Waals surface area (Å²) in [5.74, 6) is 1.17. The van der Waals surface area contributed by atoms with Crippen LogP contribution in [0.3, 0.4) is 0 Å². The lowest BCUT2D eigenvalue weighted by atomic mass is 10.0. The van der Waals surface area contributed by atoms with Crippen LogP contribution in [-0.4, -0.2) is 12.1 Å². The summed E-state index contributed by atoms with van der Waals surface area (Å²) in [4.78, 5) is 5.03. The second-order valence-corrected chi connectivity index (χ2v) is 4.78. The van der Waals surface area contributed by atoms with E-state index in [1.165, 1.54) is 18.1 Å².